The van der Waals surface area contributed by atoms with Crippen molar-refractivity contribution in [2.75, 3.05) is 23.3 Å². The molecular weight excluding hydrogens is 276 g/mol. The van der Waals surface area contributed by atoms with Crippen molar-refractivity contribution in [3.05, 3.63) is 11.9 Å². The molecule has 1 aromatic heterocycles. The lowest BCUT2D eigenvalue weighted by Crippen LogP contribution is -2.36. The van der Waals surface area contributed by atoms with Crippen LogP contribution in [0.5, 0.6) is 0 Å². The van der Waals surface area contributed by atoms with E-state index in [9.17, 15) is 5.11 Å². The summed E-state index contributed by atoms with van der Waals surface area (Å²) in [4.78, 5) is 11.4. The molecule has 0 bridgehead atoms. The number of rotatable bonds is 3. The van der Waals surface area contributed by atoms with Gasteiger partial charge in [-0.3, -0.25) is 0 Å². The van der Waals surface area contributed by atoms with E-state index in [1.165, 1.54) is 38.5 Å². The lowest BCUT2D eigenvalue weighted by Gasteiger charge is -2.31. The molecule has 1 aromatic rings. The molecule has 1 aliphatic heterocycles. The number of hydrogen-bond donors (Lipinski definition) is 2. The molecule has 0 unspecified atom stereocenters. The smallest absolute Gasteiger partial charge is 0.134 e. The number of aliphatic hydroxyl groups is 1. The van der Waals surface area contributed by atoms with Crippen molar-refractivity contribution in [3.63, 3.8) is 0 Å². The van der Waals surface area contributed by atoms with Crippen LogP contribution in [0.2, 0.25) is 0 Å². The van der Waals surface area contributed by atoms with Crippen LogP contribution < -0.4 is 10.2 Å². The second-order valence-corrected chi connectivity index (χ2v) is 6.71. The van der Waals surface area contributed by atoms with Gasteiger partial charge in [-0.15, -0.1) is 0 Å². The van der Waals surface area contributed by atoms with Gasteiger partial charge in [-0.05, 0) is 32.6 Å². The highest BCUT2D eigenvalue weighted by Gasteiger charge is 2.20. The third kappa shape index (κ3) is 4.09. The van der Waals surface area contributed by atoms with Crippen LogP contribution >= 0.6 is 0 Å². The number of piperidine rings is 1. The number of aliphatic hydroxyl groups excluding tert-OH is 1. The Bertz CT molecular complexity index is 478. The zero-order valence-corrected chi connectivity index (χ0v) is 13.6. The predicted octanol–water partition coefficient (Wildman–Crippen LogP) is 2.88. The Morgan fingerprint density at radius 3 is 2.41 bits per heavy atom. The third-order valence-corrected chi connectivity index (χ3v) is 4.82. The lowest BCUT2D eigenvalue weighted by atomic mass is 10.1. The molecular formula is C17H28N4O. The van der Waals surface area contributed by atoms with E-state index in [1.807, 2.05) is 6.92 Å². The highest BCUT2D eigenvalue weighted by Crippen LogP contribution is 2.24. The van der Waals surface area contributed by atoms with E-state index >= 15 is 0 Å². The second kappa shape index (κ2) is 7.27. The Kier molecular flexibility index (Phi) is 5.13. The van der Waals surface area contributed by atoms with Crippen LogP contribution in [-0.2, 0) is 0 Å². The van der Waals surface area contributed by atoms with Crippen LogP contribution in [0.1, 0.15) is 57.2 Å². The molecule has 2 aliphatic rings. The maximum absolute atomic E-state index is 9.65. The summed E-state index contributed by atoms with van der Waals surface area (Å²) in [5, 5.41) is 13.3. The summed E-state index contributed by atoms with van der Waals surface area (Å²) in [7, 11) is 0. The monoisotopic (exact) mass is 304 g/mol. The molecule has 22 heavy (non-hydrogen) atoms. The largest absolute Gasteiger partial charge is 0.393 e. The average molecular weight is 304 g/mol. The summed E-state index contributed by atoms with van der Waals surface area (Å²) >= 11 is 0. The van der Waals surface area contributed by atoms with Crippen molar-refractivity contribution in [1.29, 1.82) is 0 Å². The maximum Gasteiger partial charge on any atom is 0.134 e. The third-order valence-electron chi connectivity index (χ3n) is 4.82. The summed E-state index contributed by atoms with van der Waals surface area (Å²) in [6.45, 7) is 3.71. The second-order valence-electron chi connectivity index (χ2n) is 6.71. The zero-order valence-electron chi connectivity index (χ0n) is 13.6. The molecule has 0 amide bonds. The number of nitrogens with zero attached hydrogens (tertiary/aromatic N) is 3. The normalized spacial score (nSPS) is 21.6. The lowest BCUT2D eigenvalue weighted by molar-refractivity contribution is 0.145. The van der Waals surface area contributed by atoms with E-state index in [4.69, 9.17) is 0 Å². The van der Waals surface area contributed by atoms with Gasteiger partial charge >= 0.3 is 0 Å². The fourth-order valence-electron chi connectivity index (χ4n) is 3.52. The fourth-order valence-corrected chi connectivity index (χ4v) is 3.52. The van der Waals surface area contributed by atoms with Crippen molar-refractivity contribution >= 4 is 11.6 Å². The summed E-state index contributed by atoms with van der Waals surface area (Å²) in [5.41, 5.74) is 0. The molecule has 3 rings (SSSR count). The molecule has 0 radical (unpaired) electrons. The Morgan fingerprint density at radius 1 is 1.05 bits per heavy atom. The van der Waals surface area contributed by atoms with E-state index in [2.05, 4.69) is 26.3 Å². The predicted molar refractivity (Wildman–Crippen MR) is 89.3 cm³/mol. The molecule has 0 aromatic carbocycles. The molecule has 0 spiro atoms. The first-order valence-corrected chi connectivity index (χ1v) is 8.76. The van der Waals surface area contributed by atoms with Crippen molar-refractivity contribution in [1.82, 2.24) is 9.97 Å². The Hall–Kier alpha value is -1.36. The molecule has 1 saturated heterocycles. The summed E-state index contributed by atoms with van der Waals surface area (Å²) in [6, 6.07) is 2.63. The molecule has 1 saturated carbocycles. The van der Waals surface area contributed by atoms with Crippen LogP contribution in [0.3, 0.4) is 0 Å². The highest BCUT2D eigenvalue weighted by atomic mass is 16.3. The maximum atomic E-state index is 9.65. The molecule has 5 heteroatoms. The van der Waals surface area contributed by atoms with Crippen molar-refractivity contribution in [2.24, 2.45) is 0 Å². The first-order chi connectivity index (χ1) is 10.7. The Balaban J connectivity index is 1.69. The standard InChI is InChI=1S/C17H28N4O/c1-13-18-16(20-14-6-4-2-3-5-7-14)12-17(19-13)21-10-8-15(22)9-11-21/h12,14-15,22H,2-11H2,1H3,(H,18,19,20). The number of anilines is 2. The van der Waals surface area contributed by atoms with Gasteiger partial charge in [-0.2, -0.15) is 0 Å². The minimum Gasteiger partial charge on any atom is -0.393 e. The SMILES string of the molecule is Cc1nc(NC2CCCCCC2)cc(N2CCC(O)CC2)n1. The van der Waals surface area contributed by atoms with Crippen molar-refractivity contribution < 1.29 is 5.11 Å². The van der Waals surface area contributed by atoms with Gasteiger partial charge < -0.3 is 15.3 Å². The number of nitrogens with one attached hydrogen (secondary N) is 1. The molecule has 5 nitrogen and oxygen atoms in total. The van der Waals surface area contributed by atoms with Crippen LogP contribution in [0, 0.1) is 6.92 Å². The van der Waals surface area contributed by atoms with Gasteiger partial charge in [0.2, 0.25) is 0 Å². The van der Waals surface area contributed by atoms with Crippen LogP contribution in [0.15, 0.2) is 6.07 Å². The number of aryl methyl sites for hydroxylation is 1. The molecule has 122 valence electrons. The van der Waals surface area contributed by atoms with E-state index in [1.54, 1.807) is 0 Å². The van der Waals surface area contributed by atoms with Crippen molar-refractivity contribution in [2.45, 2.75) is 70.4 Å². The summed E-state index contributed by atoms with van der Waals surface area (Å²) in [5.74, 6) is 2.77. The molecule has 0 atom stereocenters. The van der Waals surface area contributed by atoms with Gasteiger partial charge in [-0.1, -0.05) is 25.7 Å². The zero-order chi connectivity index (χ0) is 15.4. The highest BCUT2D eigenvalue weighted by molar-refractivity contribution is 5.50. The molecule has 1 aliphatic carbocycles. The Morgan fingerprint density at radius 2 is 1.73 bits per heavy atom. The van der Waals surface area contributed by atoms with Crippen LogP contribution in [-0.4, -0.2) is 40.3 Å². The van der Waals surface area contributed by atoms with Gasteiger partial charge in [0.05, 0.1) is 6.10 Å². The van der Waals surface area contributed by atoms with Crippen LogP contribution in [0.4, 0.5) is 11.6 Å². The van der Waals surface area contributed by atoms with Gasteiger partial charge in [0.25, 0.3) is 0 Å². The average Bonchev–Trinajstić information content (AvgIpc) is 2.76. The summed E-state index contributed by atoms with van der Waals surface area (Å²) < 4.78 is 0. The topological polar surface area (TPSA) is 61.3 Å². The van der Waals surface area contributed by atoms with E-state index in [0.717, 1.165) is 43.4 Å². The number of aromatic nitrogens is 2. The van der Waals surface area contributed by atoms with Gasteiger partial charge in [0.1, 0.15) is 17.5 Å². The Labute approximate surface area is 133 Å². The first-order valence-electron chi connectivity index (χ1n) is 8.76. The summed E-state index contributed by atoms with van der Waals surface area (Å²) in [6.07, 6.45) is 9.36. The van der Waals surface area contributed by atoms with Gasteiger partial charge in [0.15, 0.2) is 0 Å². The van der Waals surface area contributed by atoms with Crippen LogP contribution in [0.25, 0.3) is 0 Å². The quantitative estimate of drug-likeness (QED) is 0.841. The molecule has 2 heterocycles. The van der Waals surface area contributed by atoms with Gasteiger partial charge in [-0.25, -0.2) is 9.97 Å². The molecule has 2 N–H and O–H groups in total. The molecule has 2 fully saturated rings. The van der Waals surface area contributed by atoms with E-state index in [-0.39, 0.29) is 6.10 Å². The van der Waals surface area contributed by atoms with Crippen molar-refractivity contribution in [3.8, 4) is 0 Å². The first kappa shape index (κ1) is 15.5. The van der Waals surface area contributed by atoms with E-state index < -0.39 is 0 Å². The minimum absolute atomic E-state index is 0.150. The number of hydrogen-bond acceptors (Lipinski definition) is 5. The van der Waals surface area contributed by atoms with E-state index in [0.29, 0.717) is 6.04 Å². The van der Waals surface area contributed by atoms with Gasteiger partial charge in [0, 0.05) is 25.2 Å². The minimum atomic E-state index is -0.150. The fraction of sp³-hybridized carbons (Fsp3) is 0.765.